The van der Waals surface area contributed by atoms with Crippen molar-refractivity contribution in [3.8, 4) is 0 Å². The maximum atomic E-state index is 4.09. The molecule has 0 bridgehead atoms. The number of hydrogen-bond donors (Lipinski definition) is 2. The SMILES string of the molecule is Cl.c1n[nH]c([C@H]2CCNC2)n1. The Morgan fingerprint density at radius 2 is 2.45 bits per heavy atom. The minimum atomic E-state index is 0. The smallest absolute Gasteiger partial charge is 0.137 e. The summed E-state index contributed by atoms with van der Waals surface area (Å²) in [6, 6.07) is 0. The van der Waals surface area contributed by atoms with Crippen LogP contribution in [0.5, 0.6) is 0 Å². The first-order chi connectivity index (χ1) is 4.97. The van der Waals surface area contributed by atoms with Crippen LogP contribution < -0.4 is 5.32 Å². The summed E-state index contributed by atoms with van der Waals surface area (Å²) in [5, 5.41) is 9.95. The average Bonchev–Trinajstić information content (AvgIpc) is 2.59. The van der Waals surface area contributed by atoms with Crippen LogP contribution in [0, 0.1) is 0 Å². The Labute approximate surface area is 71.2 Å². The molecule has 1 aromatic heterocycles. The fraction of sp³-hybridized carbons (Fsp3) is 0.667. The molecule has 5 heteroatoms. The van der Waals surface area contributed by atoms with Crippen LogP contribution in [0.4, 0.5) is 0 Å². The van der Waals surface area contributed by atoms with Gasteiger partial charge in [0.15, 0.2) is 0 Å². The molecule has 1 fully saturated rings. The molecule has 1 atom stereocenters. The van der Waals surface area contributed by atoms with Gasteiger partial charge in [0.1, 0.15) is 12.2 Å². The highest BCUT2D eigenvalue weighted by atomic mass is 35.5. The highest BCUT2D eigenvalue weighted by Crippen LogP contribution is 2.16. The van der Waals surface area contributed by atoms with Crippen LogP contribution in [0.15, 0.2) is 6.33 Å². The van der Waals surface area contributed by atoms with Gasteiger partial charge in [-0.1, -0.05) is 0 Å². The van der Waals surface area contributed by atoms with Crippen LogP contribution in [-0.4, -0.2) is 28.3 Å². The summed E-state index contributed by atoms with van der Waals surface area (Å²) in [6.07, 6.45) is 2.74. The van der Waals surface area contributed by atoms with Gasteiger partial charge in [-0.2, -0.15) is 5.10 Å². The zero-order chi connectivity index (χ0) is 6.81. The van der Waals surface area contributed by atoms with E-state index in [2.05, 4.69) is 20.5 Å². The van der Waals surface area contributed by atoms with Gasteiger partial charge in [-0.05, 0) is 13.0 Å². The van der Waals surface area contributed by atoms with Gasteiger partial charge in [-0.3, -0.25) is 5.10 Å². The summed E-state index contributed by atoms with van der Waals surface area (Å²) in [6.45, 7) is 2.14. The van der Waals surface area contributed by atoms with E-state index in [-0.39, 0.29) is 12.4 Å². The number of halogens is 1. The van der Waals surface area contributed by atoms with E-state index in [1.54, 1.807) is 6.33 Å². The van der Waals surface area contributed by atoms with E-state index in [0.717, 1.165) is 18.9 Å². The van der Waals surface area contributed by atoms with Crippen molar-refractivity contribution in [2.75, 3.05) is 13.1 Å². The zero-order valence-electron chi connectivity index (χ0n) is 6.08. The first-order valence-electron chi connectivity index (χ1n) is 3.53. The molecule has 0 radical (unpaired) electrons. The largest absolute Gasteiger partial charge is 0.316 e. The van der Waals surface area contributed by atoms with Crippen LogP contribution in [0.3, 0.4) is 0 Å². The maximum Gasteiger partial charge on any atom is 0.137 e. The van der Waals surface area contributed by atoms with Crippen molar-refractivity contribution in [3.63, 3.8) is 0 Å². The van der Waals surface area contributed by atoms with Crippen molar-refractivity contribution < 1.29 is 0 Å². The second-order valence-corrected chi connectivity index (χ2v) is 2.56. The van der Waals surface area contributed by atoms with Gasteiger partial charge in [0.05, 0.1) is 0 Å². The van der Waals surface area contributed by atoms with Gasteiger partial charge >= 0.3 is 0 Å². The number of aromatic amines is 1. The zero-order valence-corrected chi connectivity index (χ0v) is 6.90. The first kappa shape index (κ1) is 8.49. The molecule has 1 aliphatic rings. The minimum absolute atomic E-state index is 0. The molecular formula is C6H11ClN4. The van der Waals surface area contributed by atoms with Crippen molar-refractivity contribution in [2.45, 2.75) is 12.3 Å². The van der Waals surface area contributed by atoms with E-state index in [4.69, 9.17) is 0 Å². The number of rotatable bonds is 1. The number of hydrogen-bond acceptors (Lipinski definition) is 3. The summed E-state index contributed by atoms with van der Waals surface area (Å²) in [5.74, 6) is 1.58. The molecule has 0 saturated carbocycles. The van der Waals surface area contributed by atoms with Crippen molar-refractivity contribution in [2.24, 2.45) is 0 Å². The van der Waals surface area contributed by atoms with Gasteiger partial charge in [-0.15, -0.1) is 12.4 Å². The second-order valence-electron chi connectivity index (χ2n) is 2.56. The van der Waals surface area contributed by atoms with Crippen LogP contribution in [0.2, 0.25) is 0 Å². The molecule has 2 N–H and O–H groups in total. The van der Waals surface area contributed by atoms with Gasteiger partial charge < -0.3 is 5.32 Å². The lowest BCUT2D eigenvalue weighted by atomic mass is 10.1. The molecule has 62 valence electrons. The molecule has 2 heterocycles. The summed E-state index contributed by atoms with van der Waals surface area (Å²) in [5.41, 5.74) is 0. The average molecular weight is 175 g/mol. The van der Waals surface area contributed by atoms with Crippen molar-refractivity contribution in [1.29, 1.82) is 0 Å². The quantitative estimate of drug-likeness (QED) is 0.644. The molecule has 0 aromatic carbocycles. The predicted octanol–water partition coefficient (Wildman–Crippen LogP) is 0.303. The van der Waals surface area contributed by atoms with Gasteiger partial charge in [-0.25, -0.2) is 4.98 Å². The molecule has 1 aromatic rings. The lowest BCUT2D eigenvalue weighted by Crippen LogP contribution is -2.08. The number of nitrogens with one attached hydrogen (secondary N) is 2. The molecule has 4 nitrogen and oxygen atoms in total. The Hall–Kier alpha value is -0.610. The van der Waals surface area contributed by atoms with Crippen LogP contribution in [-0.2, 0) is 0 Å². The maximum absolute atomic E-state index is 4.09. The van der Waals surface area contributed by atoms with Gasteiger partial charge in [0.2, 0.25) is 0 Å². The monoisotopic (exact) mass is 174 g/mol. The normalized spacial score (nSPS) is 23.1. The third-order valence-electron chi connectivity index (χ3n) is 1.88. The summed E-state index contributed by atoms with van der Waals surface area (Å²) in [4.78, 5) is 4.09. The number of aromatic nitrogens is 3. The predicted molar refractivity (Wildman–Crippen MR) is 43.9 cm³/mol. The Morgan fingerprint density at radius 1 is 1.55 bits per heavy atom. The van der Waals surface area contributed by atoms with Crippen LogP contribution >= 0.6 is 12.4 Å². The van der Waals surface area contributed by atoms with Crippen molar-refractivity contribution in [1.82, 2.24) is 20.5 Å². The Balaban J connectivity index is 0.000000605. The first-order valence-corrected chi connectivity index (χ1v) is 3.53. The van der Waals surface area contributed by atoms with E-state index >= 15 is 0 Å². The standard InChI is InChI=1S/C6H10N4.ClH/c1-2-7-3-5(1)6-8-4-9-10-6;/h4-5,7H,1-3H2,(H,8,9,10);1H/t5-;/m0./s1. The highest BCUT2D eigenvalue weighted by molar-refractivity contribution is 5.85. The molecule has 0 unspecified atom stereocenters. The van der Waals surface area contributed by atoms with E-state index in [9.17, 15) is 0 Å². The molecule has 0 spiro atoms. The lowest BCUT2D eigenvalue weighted by molar-refractivity contribution is 0.706. The molecule has 1 saturated heterocycles. The molecule has 11 heavy (non-hydrogen) atoms. The Morgan fingerprint density at radius 3 is 3.00 bits per heavy atom. The van der Waals surface area contributed by atoms with Gasteiger partial charge in [0, 0.05) is 12.5 Å². The summed E-state index contributed by atoms with van der Waals surface area (Å²) in [7, 11) is 0. The fourth-order valence-electron chi connectivity index (χ4n) is 1.30. The van der Waals surface area contributed by atoms with Gasteiger partial charge in [0.25, 0.3) is 0 Å². The summed E-state index contributed by atoms with van der Waals surface area (Å²) < 4.78 is 0. The molecule has 1 aliphatic heterocycles. The molecule has 0 aliphatic carbocycles. The lowest BCUT2D eigenvalue weighted by Gasteiger charge is -2.00. The van der Waals surface area contributed by atoms with Crippen molar-refractivity contribution in [3.05, 3.63) is 12.2 Å². The van der Waals surface area contributed by atoms with E-state index in [1.165, 1.54) is 6.42 Å². The number of nitrogens with zero attached hydrogens (tertiary/aromatic N) is 2. The second kappa shape index (κ2) is 3.69. The topological polar surface area (TPSA) is 53.6 Å². The van der Waals surface area contributed by atoms with Crippen LogP contribution in [0.25, 0.3) is 0 Å². The fourth-order valence-corrected chi connectivity index (χ4v) is 1.30. The third-order valence-corrected chi connectivity index (χ3v) is 1.88. The van der Waals surface area contributed by atoms with Crippen molar-refractivity contribution >= 4 is 12.4 Å². The van der Waals surface area contributed by atoms with Crippen LogP contribution in [0.1, 0.15) is 18.2 Å². The third kappa shape index (κ3) is 1.70. The molecular weight excluding hydrogens is 164 g/mol. The van der Waals surface area contributed by atoms with E-state index < -0.39 is 0 Å². The van der Waals surface area contributed by atoms with E-state index in [1.807, 2.05) is 0 Å². The minimum Gasteiger partial charge on any atom is -0.316 e. The summed E-state index contributed by atoms with van der Waals surface area (Å²) >= 11 is 0. The van der Waals surface area contributed by atoms with E-state index in [0.29, 0.717) is 5.92 Å². The number of H-pyrrole nitrogens is 1. The molecule has 2 rings (SSSR count). The molecule has 0 amide bonds. The Bertz CT molecular complexity index is 192. The highest BCUT2D eigenvalue weighted by Gasteiger charge is 2.18. The Kier molecular flexibility index (Phi) is 2.84.